The van der Waals surface area contributed by atoms with Crippen LogP contribution in [0.25, 0.3) is 16.9 Å². The third kappa shape index (κ3) is 3.65. The third-order valence-electron chi connectivity index (χ3n) is 8.42. The number of fused-ring (bicyclic) bond motifs is 3. The average molecular weight is 550 g/mol. The van der Waals surface area contributed by atoms with Gasteiger partial charge in [-0.15, -0.1) is 0 Å². The number of hydrogen-bond acceptors (Lipinski definition) is 10. The molecule has 11 nitrogen and oxygen atoms in total. The van der Waals surface area contributed by atoms with E-state index in [1.54, 1.807) is 33.3 Å². The summed E-state index contributed by atoms with van der Waals surface area (Å²) >= 11 is 0. The second-order valence-corrected chi connectivity index (χ2v) is 10.7. The number of hydrogen-bond donors (Lipinski definition) is 6. The molecular weight excluding hydrogens is 518 g/mol. The predicted molar refractivity (Wildman–Crippen MR) is 144 cm³/mol. The molecule has 0 heterocycles. The molecule has 1 fully saturated rings. The summed E-state index contributed by atoms with van der Waals surface area (Å²) in [6.07, 6.45) is 0.194. The fourth-order valence-corrected chi connectivity index (χ4v) is 6.62. The van der Waals surface area contributed by atoms with Crippen LogP contribution in [-0.4, -0.2) is 75.6 Å². The van der Waals surface area contributed by atoms with Crippen LogP contribution in [0.15, 0.2) is 47.2 Å². The number of amides is 1. The molecule has 1 saturated carbocycles. The zero-order chi connectivity index (χ0) is 29.3. The van der Waals surface area contributed by atoms with Gasteiger partial charge in [-0.25, -0.2) is 0 Å². The zero-order valence-electron chi connectivity index (χ0n) is 22.3. The molecule has 0 saturated heterocycles. The highest BCUT2D eigenvalue weighted by Gasteiger charge is 2.64. The molecule has 8 N–H and O–H groups in total. The van der Waals surface area contributed by atoms with Gasteiger partial charge in [-0.3, -0.25) is 19.3 Å². The van der Waals surface area contributed by atoms with E-state index in [0.29, 0.717) is 16.9 Å². The number of benzene rings is 2. The van der Waals surface area contributed by atoms with Crippen LogP contribution in [0.2, 0.25) is 0 Å². The molecule has 0 aromatic heterocycles. The van der Waals surface area contributed by atoms with E-state index in [1.165, 1.54) is 11.0 Å². The number of carbonyl (C=O) groups is 3. The van der Waals surface area contributed by atoms with Crippen molar-refractivity contribution in [3.05, 3.63) is 63.9 Å². The summed E-state index contributed by atoms with van der Waals surface area (Å²) < 4.78 is 5.37. The Morgan fingerprint density at radius 3 is 2.45 bits per heavy atom. The second kappa shape index (κ2) is 9.47. The Morgan fingerprint density at radius 1 is 1.15 bits per heavy atom. The Bertz CT molecular complexity index is 1540. The number of aromatic hydroxyl groups is 1. The number of ketones is 2. The molecule has 3 aliphatic rings. The van der Waals surface area contributed by atoms with Crippen LogP contribution in [0.4, 0.5) is 0 Å². The Hall–Kier alpha value is -4.19. The lowest BCUT2D eigenvalue weighted by Gasteiger charge is -2.50. The average Bonchev–Trinajstić information content (AvgIpc) is 2.90. The van der Waals surface area contributed by atoms with Gasteiger partial charge in [0.2, 0.25) is 5.78 Å². The molecule has 1 amide bonds. The number of primary amides is 1. The van der Waals surface area contributed by atoms with Crippen LogP contribution in [0.5, 0.6) is 11.5 Å². The van der Waals surface area contributed by atoms with Crippen molar-refractivity contribution >= 4 is 23.2 Å². The molecule has 40 heavy (non-hydrogen) atoms. The van der Waals surface area contributed by atoms with Gasteiger partial charge in [0.15, 0.2) is 11.4 Å². The number of aliphatic hydroxyl groups excluding tert-OH is 2. The van der Waals surface area contributed by atoms with Crippen molar-refractivity contribution < 1.29 is 39.5 Å². The van der Waals surface area contributed by atoms with Crippen LogP contribution in [0, 0.1) is 11.8 Å². The van der Waals surface area contributed by atoms with Crippen molar-refractivity contribution in [3.63, 3.8) is 0 Å². The fourth-order valence-electron chi connectivity index (χ4n) is 6.62. The topological polar surface area (TPSA) is 197 Å². The Kier molecular flexibility index (Phi) is 6.48. The van der Waals surface area contributed by atoms with E-state index in [1.807, 2.05) is 12.1 Å². The Balaban J connectivity index is 1.72. The lowest BCUT2D eigenvalue weighted by atomic mass is 9.57. The number of ether oxygens (including phenoxy) is 1. The number of phenols is 1. The summed E-state index contributed by atoms with van der Waals surface area (Å²) in [5.41, 5.74) is 10.3. The van der Waals surface area contributed by atoms with Gasteiger partial charge in [-0.1, -0.05) is 12.1 Å². The van der Waals surface area contributed by atoms with E-state index in [4.69, 9.17) is 16.2 Å². The number of aliphatic hydroxyl groups is 3. The number of rotatable bonds is 5. The van der Waals surface area contributed by atoms with Crippen molar-refractivity contribution in [2.45, 2.75) is 31.0 Å². The summed E-state index contributed by atoms with van der Waals surface area (Å²) in [5, 5.41) is 44.9. The van der Waals surface area contributed by atoms with E-state index in [9.17, 15) is 34.8 Å². The maximum absolute atomic E-state index is 14.0. The first-order valence-electron chi connectivity index (χ1n) is 12.7. The molecule has 5 rings (SSSR count). The molecule has 0 unspecified atom stereocenters. The number of Topliss-reactive ketones (excluding diaryl/α,β-unsaturated/α-hetero) is 2. The zero-order valence-corrected chi connectivity index (χ0v) is 22.3. The Labute approximate surface area is 230 Å². The van der Waals surface area contributed by atoms with E-state index in [0.717, 1.165) is 11.1 Å². The van der Waals surface area contributed by atoms with Crippen LogP contribution in [0.3, 0.4) is 0 Å². The molecule has 0 spiro atoms. The molecule has 2 aromatic carbocycles. The molecule has 0 radical (unpaired) electrons. The quantitative estimate of drug-likeness (QED) is 0.294. The van der Waals surface area contributed by atoms with Crippen LogP contribution < -0.4 is 16.2 Å². The highest BCUT2D eigenvalue weighted by atomic mass is 16.5. The van der Waals surface area contributed by atoms with Gasteiger partial charge in [-0.2, -0.15) is 0 Å². The van der Waals surface area contributed by atoms with Gasteiger partial charge >= 0.3 is 0 Å². The molecule has 4 atom stereocenters. The van der Waals surface area contributed by atoms with Crippen molar-refractivity contribution in [2.24, 2.45) is 23.3 Å². The molecule has 210 valence electrons. The van der Waals surface area contributed by atoms with E-state index < -0.39 is 58.0 Å². The van der Waals surface area contributed by atoms with Crippen molar-refractivity contribution in [1.82, 2.24) is 4.90 Å². The maximum atomic E-state index is 14.0. The largest absolute Gasteiger partial charge is 0.508 e. The summed E-state index contributed by atoms with van der Waals surface area (Å²) in [6, 6.07) is 7.40. The minimum absolute atomic E-state index is 0.0114. The monoisotopic (exact) mass is 549 g/mol. The lowest BCUT2D eigenvalue weighted by molar-refractivity contribution is -0.153. The summed E-state index contributed by atoms with van der Waals surface area (Å²) in [5.74, 6) is -6.25. The van der Waals surface area contributed by atoms with Gasteiger partial charge < -0.3 is 36.6 Å². The Morgan fingerprint density at radius 2 is 1.85 bits per heavy atom. The van der Waals surface area contributed by atoms with Gasteiger partial charge in [0.25, 0.3) is 5.91 Å². The third-order valence-corrected chi connectivity index (χ3v) is 8.42. The molecular formula is C29H31N3O8. The normalized spacial score (nSPS) is 26.0. The SMILES string of the molecule is COc1ccc(-c2ccc(O)c3c2C[C@H]2C[C@H]4[C@H](N(C)C)C(=O)C(C(N)=O)=C(O)[C@@]4(O)C(=O)C2=C3O)cc1CN. The summed E-state index contributed by atoms with van der Waals surface area (Å²) in [7, 11) is 4.66. The lowest BCUT2D eigenvalue weighted by Crippen LogP contribution is -2.65. The first-order valence-corrected chi connectivity index (χ1v) is 12.7. The molecule has 2 aromatic rings. The number of nitrogens with two attached hydrogens (primary N) is 2. The molecule has 0 aliphatic heterocycles. The second-order valence-electron chi connectivity index (χ2n) is 10.7. The van der Waals surface area contributed by atoms with Gasteiger partial charge in [0.05, 0.1) is 18.7 Å². The number of carbonyl (C=O) groups excluding carboxylic acids is 3. The van der Waals surface area contributed by atoms with Gasteiger partial charge in [0, 0.05) is 23.6 Å². The number of methoxy groups -OCH3 is 1. The van der Waals surface area contributed by atoms with E-state index in [2.05, 4.69) is 0 Å². The predicted octanol–water partition coefficient (Wildman–Crippen LogP) is 1.10. The maximum Gasteiger partial charge on any atom is 0.255 e. The number of phenolic OH excluding ortho intramolecular Hbond substituents is 1. The smallest absolute Gasteiger partial charge is 0.255 e. The van der Waals surface area contributed by atoms with E-state index >= 15 is 0 Å². The highest BCUT2D eigenvalue weighted by molar-refractivity contribution is 6.24. The fraction of sp³-hybridized carbons (Fsp3) is 0.345. The first kappa shape index (κ1) is 27.4. The van der Waals surface area contributed by atoms with Crippen LogP contribution in [-0.2, 0) is 27.3 Å². The minimum atomic E-state index is -2.68. The first-order chi connectivity index (χ1) is 18.9. The summed E-state index contributed by atoms with van der Waals surface area (Å²) in [4.78, 5) is 40.8. The molecule has 3 aliphatic carbocycles. The standard InChI is InChI=1S/C29H31N3O8/c1-32(2)23-17-10-13-9-16-15(12-4-7-19(40-3)14(8-12)11-30)5-6-18(33)21(16)24(34)20(13)26(36)29(17,39)27(37)22(25(23)35)28(31)38/h4-8,13,17,23,33-34,37,39H,9-11,30H2,1-3H3,(H2,31,38)/t13-,17-,23-,29-/m0/s1. The van der Waals surface area contributed by atoms with Crippen molar-refractivity contribution in [1.29, 1.82) is 0 Å². The molecule has 0 bridgehead atoms. The molecule has 11 heteroatoms. The number of likely N-dealkylation sites (N-methyl/N-ethyl adjacent to an activating group) is 1. The number of nitrogens with zero attached hydrogens (tertiary/aromatic N) is 1. The van der Waals surface area contributed by atoms with Crippen molar-refractivity contribution in [3.8, 4) is 22.6 Å². The van der Waals surface area contributed by atoms with Crippen LogP contribution >= 0.6 is 0 Å². The van der Waals surface area contributed by atoms with Crippen LogP contribution in [0.1, 0.15) is 23.1 Å². The van der Waals surface area contributed by atoms with Gasteiger partial charge in [0.1, 0.15) is 28.6 Å². The van der Waals surface area contributed by atoms with E-state index in [-0.39, 0.29) is 36.3 Å². The summed E-state index contributed by atoms with van der Waals surface area (Å²) in [6.45, 7) is 0.217. The minimum Gasteiger partial charge on any atom is -0.508 e. The highest BCUT2D eigenvalue weighted by Crippen LogP contribution is 2.53. The van der Waals surface area contributed by atoms with Gasteiger partial charge in [-0.05, 0) is 67.7 Å². The van der Waals surface area contributed by atoms with Crippen molar-refractivity contribution in [2.75, 3.05) is 21.2 Å².